The van der Waals surface area contributed by atoms with Crippen LogP contribution in [0.5, 0.6) is 11.5 Å². The molecule has 0 radical (unpaired) electrons. The number of nitrogens with one attached hydrogen (secondary N) is 1. The van der Waals surface area contributed by atoms with Crippen molar-refractivity contribution < 1.29 is 9.47 Å². The second-order valence-corrected chi connectivity index (χ2v) is 6.24. The van der Waals surface area contributed by atoms with E-state index in [-0.39, 0.29) is 0 Å². The number of guanidine groups is 1. The summed E-state index contributed by atoms with van der Waals surface area (Å²) in [6, 6.07) is 9.71. The number of benzene rings is 1. The Labute approximate surface area is 160 Å². The van der Waals surface area contributed by atoms with Crippen LogP contribution in [0, 0.1) is 0 Å². The molecular formula is C20H27N5O2. The molecule has 2 heterocycles. The van der Waals surface area contributed by atoms with Crippen LogP contribution in [0.25, 0.3) is 0 Å². The van der Waals surface area contributed by atoms with Crippen molar-refractivity contribution in [1.29, 1.82) is 0 Å². The first-order valence-corrected chi connectivity index (χ1v) is 9.36. The van der Waals surface area contributed by atoms with Gasteiger partial charge >= 0.3 is 0 Å². The standard InChI is InChI=1S/C20H27N5O2/c1-3-25(4-2)19-9-6-15(13-22-19)14-23-20(21)24-16-7-8-17-18(12-16)27-11-5-10-26-17/h6-9,12-13H,3-5,10-11,14H2,1-2H3,(H3,21,23,24). The average Bonchev–Trinajstić information content (AvgIpc) is 2.93. The van der Waals surface area contributed by atoms with E-state index in [0.29, 0.717) is 25.7 Å². The molecule has 3 rings (SSSR count). The van der Waals surface area contributed by atoms with Crippen LogP contribution in [0.3, 0.4) is 0 Å². The highest BCUT2D eigenvalue weighted by molar-refractivity contribution is 5.92. The summed E-state index contributed by atoms with van der Waals surface area (Å²) in [6.45, 7) is 7.90. The van der Waals surface area contributed by atoms with Gasteiger partial charge in [0.25, 0.3) is 0 Å². The van der Waals surface area contributed by atoms with E-state index >= 15 is 0 Å². The van der Waals surface area contributed by atoms with Gasteiger partial charge in [0.05, 0.1) is 19.8 Å². The zero-order chi connectivity index (χ0) is 19.1. The van der Waals surface area contributed by atoms with Crippen LogP contribution in [0.15, 0.2) is 41.5 Å². The lowest BCUT2D eigenvalue weighted by molar-refractivity contribution is 0.297. The lowest BCUT2D eigenvalue weighted by Crippen LogP contribution is -2.23. The number of aliphatic imine (C=N–C) groups is 1. The van der Waals surface area contributed by atoms with E-state index in [1.165, 1.54) is 0 Å². The summed E-state index contributed by atoms with van der Waals surface area (Å²) in [5, 5.41) is 3.09. The molecule has 144 valence electrons. The minimum absolute atomic E-state index is 0.345. The van der Waals surface area contributed by atoms with Gasteiger partial charge in [-0.05, 0) is 37.6 Å². The van der Waals surface area contributed by atoms with Crippen molar-refractivity contribution in [2.75, 3.05) is 36.5 Å². The Kier molecular flexibility index (Phi) is 6.35. The molecule has 1 aromatic heterocycles. The summed E-state index contributed by atoms with van der Waals surface area (Å²) in [6.07, 6.45) is 2.72. The molecule has 1 aliphatic rings. The van der Waals surface area contributed by atoms with E-state index in [1.807, 2.05) is 36.5 Å². The molecule has 27 heavy (non-hydrogen) atoms. The monoisotopic (exact) mass is 369 g/mol. The molecule has 0 bridgehead atoms. The average molecular weight is 369 g/mol. The molecule has 0 saturated carbocycles. The quantitative estimate of drug-likeness (QED) is 0.601. The molecule has 2 aromatic rings. The third-order valence-electron chi connectivity index (χ3n) is 4.35. The fraction of sp³-hybridized carbons (Fsp3) is 0.400. The molecule has 0 fully saturated rings. The topological polar surface area (TPSA) is 85.0 Å². The van der Waals surface area contributed by atoms with Crippen molar-refractivity contribution in [2.24, 2.45) is 10.7 Å². The number of nitrogens with two attached hydrogens (primary N) is 1. The van der Waals surface area contributed by atoms with Crippen molar-refractivity contribution >= 4 is 17.5 Å². The van der Waals surface area contributed by atoms with Gasteiger partial charge in [0.2, 0.25) is 0 Å². The molecule has 1 aliphatic heterocycles. The Hall–Kier alpha value is -2.96. The maximum atomic E-state index is 6.02. The number of nitrogens with zero attached hydrogens (tertiary/aromatic N) is 3. The van der Waals surface area contributed by atoms with Crippen molar-refractivity contribution in [3.63, 3.8) is 0 Å². The second-order valence-electron chi connectivity index (χ2n) is 6.24. The van der Waals surface area contributed by atoms with Crippen molar-refractivity contribution in [1.82, 2.24) is 4.98 Å². The van der Waals surface area contributed by atoms with Crippen LogP contribution < -0.4 is 25.4 Å². The molecule has 0 amide bonds. The first-order chi connectivity index (χ1) is 13.2. The molecule has 0 saturated heterocycles. The summed E-state index contributed by atoms with van der Waals surface area (Å²) in [7, 11) is 0. The minimum atomic E-state index is 0.345. The van der Waals surface area contributed by atoms with Gasteiger partial charge in [-0.1, -0.05) is 6.07 Å². The van der Waals surface area contributed by atoms with E-state index in [4.69, 9.17) is 15.2 Å². The summed E-state index contributed by atoms with van der Waals surface area (Å²) < 4.78 is 11.3. The van der Waals surface area contributed by atoms with Crippen molar-refractivity contribution in [3.8, 4) is 11.5 Å². The highest BCUT2D eigenvalue weighted by Crippen LogP contribution is 2.32. The Bertz CT molecular complexity index is 772. The van der Waals surface area contributed by atoms with Crippen LogP contribution in [0.1, 0.15) is 25.8 Å². The summed E-state index contributed by atoms with van der Waals surface area (Å²) in [4.78, 5) is 11.1. The third kappa shape index (κ3) is 5.03. The molecular weight excluding hydrogens is 342 g/mol. The molecule has 0 spiro atoms. The van der Waals surface area contributed by atoms with Crippen LogP contribution in [-0.4, -0.2) is 37.2 Å². The fourth-order valence-electron chi connectivity index (χ4n) is 2.85. The molecule has 0 aliphatic carbocycles. The normalized spacial score (nSPS) is 13.8. The van der Waals surface area contributed by atoms with Crippen LogP contribution in [0.2, 0.25) is 0 Å². The number of hydrogen-bond acceptors (Lipinski definition) is 5. The van der Waals surface area contributed by atoms with Gasteiger partial charge in [-0.2, -0.15) is 0 Å². The van der Waals surface area contributed by atoms with Gasteiger partial charge in [-0.3, -0.25) is 0 Å². The molecule has 3 N–H and O–H groups in total. The number of hydrogen-bond donors (Lipinski definition) is 2. The Morgan fingerprint density at radius 2 is 1.93 bits per heavy atom. The first-order valence-electron chi connectivity index (χ1n) is 9.36. The number of anilines is 2. The predicted molar refractivity (Wildman–Crippen MR) is 109 cm³/mol. The highest BCUT2D eigenvalue weighted by Gasteiger charge is 2.11. The Balaban J connectivity index is 1.60. The van der Waals surface area contributed by atoms with Crippen LogP contribution in [0.4, 0.5) is 11.5 Å². The lowest BCUT2D eigenvalue weighted by Gasteiger charge is -2.19. The SMILES string of the molecule is CCN(CC)c1ccc(CN=C(N)Nc2ccc3c(c2)OCCCO3)cn1. The van der Waals surface area contributed by atoms with Crippen molar-refractivity contribution in [3.05, 3.63) is 42.1 Å². The molecule has 7 heteroatoms. The van der Waals surface area contributed by atoms with Gasteiger partial charge in [0, 0.05) is 37.5 Å². The van der Waals surface area contributed by atoms with E-state index < -0.39 is 0 Å². The van der Waals surface area contributed by atoms with Crippen LogP contribution in [-0.2, 0) is 6.54 Å². The molecule has 7 nitrogen and oxygen atoms in total. The third-order valence-corrected chi connectivity index (χ3v) is 4.35. The van der Waals surface area contributed by atoms with E-state index in [9.17, 15) is 0 Å². The van der Waals surface area contributed by atoms with Gasteiger partial charge in [-0.15, -0.1) is 0 Å². The number of ether oxygens (including phenoxy) is 2. The zero-order valence-corrected chi connectivity index (χ0v) is 15.9. The highest BCUT2D eigenvalue weighted by atomic mass is 16.5. The molecule has 0 unspecified atom stereocenters. The smallest absolute Gasteiger partial charge is 0.193 e. The predicted octanol–water partition coefficient (Wildman–Crippen LogP) is 3.02. The molecule has 0 atom stereocenters. The van der Waals surface area contributed by atoms with Gasteiger partial charge in [0.1, 0.15) is 5.82 Å². The van der Waals surface area contributed by atoms with Crippen LogP contribution >= 0.6 is 0 Å². The summed E-state index contributed by atoms with van der Waals surface area (Å²) in [5.74, 6) is 2.80. The van der Waals surface area contributed by atoms with E-state index in [2.05, 4.69) is 34.0 Å². The zero-order valence-electron chi connectivity index (χ0n) is 15.9. The van der Waals surface area contributed by atoms with E-state index in [1.54, 1.807) is 0 Å². The maximum Gasteiger partial charge on any atom is 0.193 e. The lowest BCUT2D eigenvalue weighted by atomic mass is 10.2. The fourth-order valence-corrected chi connectivity index (χ4v) is 2.85. The number of aromatic nitrogens is 1. The van der Waals surface area contributed by atoms with Crippen molar-refractivity contribution in [2.45, 2.75) is 26.8 Å². The van der Waals surface area contributed by atoms with Gasteiger partial charge in [-0.25, -0.2) is 9.98 Å². The van der Waals surface area contributed by atoms with Gasteiger partial charge in [0.15, 0.2) is 17.5 Å². The minimum Gasteiger partial charge on any atom is -0.490 e. The summed E-state index contributed by atoms with van der Waals surface area (Å²) in [5.41, 5.74) is 7.84. The van der Waals surface area contributed by atoms with Gasteiger partial charge < -0.3 is 25.4 Å². The Morgan fingerprint density at radius 1 is 1.15 bits per heavy atom. The first kappa shape index (κ1) is 18.8. The number of fused-ring (bicyclic) bond motifs is 1. The number of pyridine rings is 1. The maximum absolute atomic E-state index is 6.02. The number of rotatable bonds is 6. The Morgan fingerprint density at radius 3 is 2.63 bits per heavy atom. The largest absolute Gasteiger partial charge is 0.490 e. The second kappa shape index (κ2) is 9.12. The summed E-state index contributed by atoms with van der Waals surface area (Å²) >= 11 is 0. The molecule has 1 aromatic carbocycles. The van der Waals surface area contributed by atoms with E-state index in [0.717, 1.165) is 48.1 Å².